The molecule has 1 saturated carbocycles. The lowest BCUT2D eigenvalue weighted by Crippen LogP contribution is -2.16. The molecule has 5 nitrogen and oxygen atoms in total. The number of hydrogen-bond acceptors (Lipinski definition) is 4. The molecule has 1 fully saturated rings. The summed E-state index contributed by atoms with van der Waals surface area (Å²) in [4.78, 5) is 11.8. The Kier molecular flexibility index (Phi) is 2.73. The number of rotatable bonds is 3. The second-order valence-corrected chi connectivity index (χ2v) is 6.53. The van der Waals surface area contributed by atoms with Crippen LogP contribution in [0.5, 0.6) is 0 Å². The first-order valence-electron chi connectivity index (χ1n) is 6.78. The number of nitrogens with zero attached hydrogens (tertiary/aromatic N) is 3. The van der Waals surface area contributed by atoms with Crippen molar-refractivity contribution in [2.24, 2.45) is 5.41 Å². The van der Waals surface area contributed by atoms with Crippen molar-refractivity contribution < 1.29 is 4.52 Å². The summed E-state index contributed by atoms with van der Waals surface area (Å²) in [5.74, 6) is 2.69. The van der Waals surface area contributed by atoms with E-state index in [2.05, 4.69) is 47.8 Å². The minimum atomic E-state index is 0.146. The fourth-order valence-corrected chi connectivity index (χ4v) is 2.24. The number of imidazole rings is 1. The molecule has 0 saturated heterocycles. The van der Waals surface area contributed by atoms with E-state index in [1.54, 1.807) is 6.33 Å². The summed E-state index contributed by atoms with van der Waals surface area (Å²) in [6.07, 6.45) is 4.65. The highest BCUT2D eigenvalue weighted by Crippen LogP contribution is 2.53. The molecule has 0 spiro atoms. The summed E-state index contributed by atoms with van der Waals surface area (Å²) in [5.41, 5.74) is 1.31. The summed E-state index contributed by atoms with van der Waals surface area (Å²) in [7, 11) is 0. The molecule has 19 heavy (non-hydrogen) atoms. The molecule has 1 unspecified atom stereocenters. The highest BCUT2D eigenvalue weighted by molar-refractivity contribution is 5.23. The van der Waals surface area contributed by atoms with Gasteiger partial charge >= 0.3 is 0 Å². The lowest BCUT2D eigenvalue weighted by molar-refractivity contribution is 0.310. The van der Waals surface area contributed by atoms with Crippen molar-refractivity contribution in [3.63, 3.8) is 0 Å². The van der Waals surface area contributed by atoms with Crippen LogP contribution in [0.25, 0.3) is 0 Å². The van der Waals surface area contributed by atoms with E-state index >= 15 is 0 Å². The fraction of sp³-hybridized carbons (Fsp3) is 0.643. The van der Waals surface area contributed by atoms with Crippen LogP contribution < -0.4 is 0 Å². The van der Waals surface area contributed by atoms with Crippen LogP contribution in [0.4, 0.5) is 0 Å². The predicted octanol–water partition coefficient (Wildman–Crippen LogP) is 3.21. The zero-order valence-electron chi connectivity index (χ0n) is 11.8. The summed E-state index contributed by atoms with van der Waals surface area (Å²) in [5, 5.41) is 4.15. The second-order valence-electron chi connectivity index (χ2n) is 6.53. The molecular weight excluding hydrogens is 240 g/mol. The average molecular weight is 260 g/mol. The Bertz CT molecular complexity index is 552. The average Bonchev–Trinajstić information content (AvgIpc) is 2.84. The van der Waals surface area contributed by atoms with Gasteiger partial charge < -0.3 is 9.51 Å². The second kappa shape index (κ2) is 4.18. The van der Waals surface area contributed by atoms with E-state index in [1.165, 1.54) is 0 Å². The number of nitrogens with one attached hydrogen (secondary N) is 1. The van der Waals surface area contributed by atoms with Crippen LogP contribution >= 0.6 is 0 Å². The van der Waals surface area contributed by atoms with Gasteiger partial charge in [-0.3, -0.25) is 0 Å². The van der Waals surface area contributed by atoms with Crippen molar-refractivity contribution in [3.05, 3.63) is 29.9 Å². The maximum Gasteiger partial charge on any atom is 0.230 e. The lowest BCUT2D eigenvalue weighted by Gasteiger charge is -2.23. The summed E-state index contributed by atoms with van der Waals surface area (Å²) >= 11 is 0. The Morgan fingerprint density at radius 2 is 2.16 bits per heavy atom. The molecule has 0 bridgehead atoms. The van der Waals surface area contributed by atoms with Gasteiger partial charge in [0.15, 0.2) is 5.82 Å². The molecule has 2 heterocycles. The van der Waals surface area contributed by atoms with Gasteiger partial charge in [0.05, 0.1) is 6.33 Å². The van der Waals surface area contributed by atoms with Gasteiger partial charge in [0, 0.05) is 29.6 Å². The fourth-order valence-electron chi connectivity index (χ4n) is 2.24. The van der Waals surface area contributed by atoms with Crippen molar-refractivity contribution in [2.75, 3.05) is 0 Å². The van der Waals surface area contributed by atoms with Crippen LogP contribution in [0.2, 0.25) is 0 Å². The topological polar surface area (TPSA) is 67.6 Å². The number of hydrogen-bond donors (Lipinski definition) is 1. The van der Waals surface area contributed by atoms with E-state index in [4.69, 9.17) is 4.52 Å². The smallest absolute Gasteiger partial charge is 0.230 e. The van der Waals surface area contributed by atoms with Crippen LogP contribution in [0.3, 0.4) is 0 Å². The molecule has 0 radical (unpaired) electrons. The minimum absolute atomic E-state index is 0.146. The van der Waals surface area contributed by atoms with Crippen molar-refractivity contribution in [1.82, 2.24) is 20.1 Å². The highest BCUT2D eigenvalue weighted by Gasteiger charge is 2.45. The Balaban J connectivity index is 1.73. The lowest BCUT2D eigenvalue weighted by atomic mass is 9.82. The molecule has 2 aromatic heterocycles. The van der Waals surface area contributed by atoms with E-state index < -0.39 is 0 Å². The minimum Gasteiger partial charge on any atom is -0.348 e. The van der Waals surface area contributed by atoms with Crippen molar-refractivity contribution in [2.45, 2.75) is 51.9 Å². The van der Waals surface area contributed by atoms with Gasteiger partial charge in [-0.05, 0) is 11.8 Å². The molecule has 102 valence electrons. The molecule has 5 heteroatoms. The summed E-state index contributed by atoms with van der Waals surface area (Å²) in [6.45, 7) is 8.72. The van der Waals surface area contributed by atoms with E-state index in [0.717, 1.165) is 23.8 Å². The Labute approximate surface area is 112 Å². The molecule has 3 atom stereocenters. The van der Waals surface area contributed by atoms with E-state index in [9.17, 15) is 0 Å². The molecule has 3 rings (SSSR count). The first-order valence-corrected chi connectivity index (χ1v) is 6.78. The first-order chi connectivity index (χ1) is 8.97. The largest absolute Gasteiger partial charge is 0.348 e. The molecule has 0 amide bonds. The third-order valence-corrected chi connectivity index (χ3v) is 4.17. The van der Waals surface area contributed by atoms with Crippen molar-refractivity contribution in [1.29, 1.82) is 0 Å². The maximum atomic E-state index is 5.44. The molecule has 0 aromatic carbocycles. The molecule has 0 aliphatic heterocycles. The number of aromatic amines is 1. The monoisotopic (exact) mass is 260 g/mol. The number of aromatic nitrogens is 4. The van der Waals surface area contributed by atoms with Gasteiger partial charge in [0.25, 0.3) is 0 Å². The third kappa shape index (κ3) is 2.29. The van der Waals surface area contributed by atoms with Gasteiger partial charge in [-0.25, -0.2) is 4.98 Å². The quantitative estimate of drug-likeness (QED) is 0.920. The first kappa shape index (κ1) is 12.4. The predicted molar refractivity (Wildman–Crippen MR) is 70.9 cm³/mol. The van der Waals surface area contributed by atoms with Gasteiger partial charge in [-0.1, -0.05) is 32.9 Å². The van der Waals surface area contributed by atoms with Crippen molar-refractivity contribution in [3.8, 4) is 0 Å². The molecule has 1 N–H and O–H groups in total. The van der Waals surface area contributed by atoms with Gasteiger partial charge in [0.1, 0.15) is 0 Å². The van der Waals surface area contributed by atoms with Crippen LogP contribution in [0.1, 0.15) is 69.3 Å². The molecular formula is C14H20N4O. The Morgan fingerprint density at radius 1 is 1.37 bits per heavy atom. The third-order valence-electron chi connectivity index (χ3n) is 4.17. The highest BCUT2D eigenvalue weighted by atomic mass is 16.5. The molecule has 1 aliphatic carbocycles. The van der Waals surface area contributed by atoms with Crippen LogP contribution in [0.15, 0.2) is 17.0 Å². The Hall–Kier alpha value is -1.65. The zero-order valence-corrected chi connectivity index (χ0v) is 11.8. The summed E-state index contributed by atoms with van der Waals surface area (Å²) in [6, 6.07) is 0. The van der Waals surface area contributed by atoms with E-state index in [0.29, 0.717) is 11.8 Å². The van der Waals surface area contributed by atoms with Crippen molar-refractivity contribution >= 4 is 0 Å². The van der Waals surface area contributed by atoms with Gasteiger partial charge in [-0.2, -0.15) is 4.98 Å². The summed E-state index contributed by atoms with van der Waals surface area (Å²) < 4.78 is 5.44. The van der Waals surface area contributed by atoms with E-state index in [-0.39, 0.29) is 11.3 Å². The molecule has 2 aromatic rings. The van der Waals surface area contributed by atoms with Crippen LogP contribution in [-0.4, -0.2) is 20.1 Å². The standard InChI is InChI=1S/C14H20N4O/c1-8(14(2,3)4)12-17-13(19-18-12)10-5-9(10)11-6-15-7-16-11/h6-10H,5H2,1-4H3,(H,15,16)/t8?,9-,10-/m1/s1. The van der Waals surface area contributed by atoms with Crippen LogP contribution in [0, 0.1) is 5.41 Å². The normalized spacial score (nSPS) is 24.4. The van der Waals surface area contributed by atoms with E-state index in [1.807, 2.05) is 6.20 Å². The molecule has 1 aliphatic rings. The number of H-pyrrole nitrogens is 1. The Morgan fingerprint density at radius 3 is 2.79 bits per heavy atom. The SMILES string of the molecule is CC(c1noc([C@@H]2C[C@H]2c2cnc[nH]2)n1)C(C)(C)C. The van der Waals surface area contributed by atoms with Gasteiger partial charge in [-0.15, -0.1) is 0 Å². The maximum absolute atomic E-state index is 5.44. The zero-order chi connectivity index (χ0) is 13.6. The van der Waals surface area contributed by atoms with Crippen LogP contribution in [-0.2, 0) is 0 Å². The van der Waals surface area contributed by atoms with Gasteiger partial charge in [0.2, 0.25) is 5.89 Å².